The zero-order chi connectivity index (χ0) is 16.4. The maximum atomic E-state index is 6.31. The van der Waals surface area contributed by atoms with Crippen molar-refractivity contribution in [2.75, 3.05) is 6.61 Å². The number of hydrogen-bond donors (Lipinski definition) is 0. The van der Waals surface area contributed by atoms with Gasteiger partial charge < -0.3 is 4.74 Å². The van der Waals surface area contributed by atoms with Crippen LogP contribution in [0.4, 0.5) is 0 Å². The van der Waals surface area contributed by atoms with Crippen LogP contribution < -0.4 is 4.74 Å². The van der Waals surface area contributed by atoms with Crippen molar-refractivity contribution in [3.8, 4) is 22.6 Å². The second kappa shape index (κ2) is 6.47. The first-order valence-electron chi connectivity index (χ1n) is 7.64. The standard InChI is InChI=1S/C19H19ClN2O/c1-4-23-19-8-7-15(11-17(19)20)16-6-5-13(2)18(12-16)22-10-9-14(3)21-22/h5-12H,4H2,1-3H3. The molecule has 118 valence electrons. The summed E-state index contributed by atoms with van der Waals surface area (Å²) in [6.45, 7) is 6.62. The van der Waals surface area contributed by atoms with E-state index in [1.165, 1.54) is 5.56 Å². The van der Waals surface area contributed by atoms with Crippen molar-refractivity contribution in [3.05, 3.63) is 64.9 Å². The molecule has 23 heavy (non-hydrogen) atoms. The fraction of sp³-hybridized carbons (Fsp3) is 0.211. The number of aryl methyl sites for hydroxylation is 2. The minimum Gasteiger partial charge on any atom is -0.492 e. The van der Waals surface area contributed by atoms with Crippen LogP contribution >= 0.6 is 11.6 Å². The summed E-state index contributed by atoms with van der Waals surface area (Å²) in [7, 11) is 0. The van der Waals surface area contributed by atoms with Gasteiger partial charge in [0.2, 0.25) is 0 Å². The molecule has 0 bridgehead atoms. The Bertz CT molecular complexity index is 839. The van der Waals surface area contributed by atoms with Crippen molar-refractivity contribution in [3.63, 3.8) is 0 Å². The summed E-state index contributed by atoms with van der Waals surface area (Å²) in [5, 5.41) is 5.13. The Labute approximate surface area is 141 Å². The summed E-state index contributed by atoms with van der Waals surface area (Å²) < 4.78 is 7.40. The second-order valence-electron chi connectivity index (χ2n) is 5.48. The van der Waals surface area contributed by atoms with E-state index in [9.17, 15) is 0 Å². The van der Waals surface area contributed by atoms with E-state index in [0.717, 1.165) is 22.5 Å². The lowest BCUT2D eigenvalue weighted by Gasteiger charge is -2.11. The van der Waals surface area contributed by atoms with Gasteiger partial charge in [0.15, 0.2) is 0 Å². The first-order chi connectivity index (χ1) is 11.1. The topological polar surface area (TPSA) is 27.1 Å². The van der Waals surface area contributed by atoms with Crippen molar-refractivity contribution < 1.29 is 4.74 Å². The summed E-state index contributed by atoms with van der Waals surface area (Å²) in [5.74, 6) is 0.716. The number of rotatable bonds is 4. The van der Waals surface area contributed by atoms with Gasteiger partial charge in [-0.3, -0.25) is 0 Å². The maximum Gasteiger partial charge on any atom is 0.137 e. The highest BCUT2D eigenvalue weighted by molar-refractivity contribution is 6.32. The van der Waals surface area contributed by atoms with Gasteiger partial charge in [0.05, 0.1) is 23.0 Å². The zero-order valence-electron chi connectivity index (χ0n) is 13.5. The van der Waals surface area contributed by atoms with Gasteiger partial charge in [0, 0.05) is 6.20 Å². The second-order valence-corrected chi connectivity index (χ2v) is 5.89. The minimum atomic E-state index is 0.604. The van der Waals surface area contributed by atoms with Crippen molar-refractivity contribution in [2.24, 2.45) is 0 Å². The minimum absolute atomic E-state index is 0.604. The molecule has 0 spiro atoms. The molecule has 1 aromatic heterocycles. The predicted molar refractivity (Wildman–Crippen MR) is 94.7 cm³/mol. The average Bonchev–Trinajstić information content (AvgIpc) is 2.96. The van der Waals surface area contributed by atoms with Crippen LogP contribution in [0, 0.1) is 13.8 Å². The maximum absolute atomic E-state index is 6.31. The third-order valence-corrected chi connectivity index (χ3v) is 4.04. The molecule has 0 radical (unpaired) electrons. The Morgan fingerprint density at radius 3 is 2.43 bits per heavy atom. The molecule has 4 heteroatoms. The lowest BCUT2D eigenvalue weighted by Crippen LogP contribution is -1.98. The Kier molecular flexibility index (Phi) is 4.39. The molecule has 3 aromatic rings. The molecule has 0 aliphatic carbocycles. The smallest absolute Gasteiger partial charge is 0.137 e. The van der Waals surface area contributed by atoms with Crippen LogP contribution in [-0.4, -0.2) is 16.4 Å². The van der Waals surface area contributed by atoms with Crippen LogP contribution in [0.25, 0.3) is 16.8 Å². The normalized spacial score (nSPS) is 10.8. The lowest BCUT2D eigenvalue weighted by molar-refractivity contribution is 0.340. The summed E-state index contributed by atoms with van der Waals surface area (Å²) in [6.07, 6.45) is 1.98. The Hall–Kier alpha value is -2.26. The summed E-state index contributed by atoms with van der Waals surface area (Å²) >= 11 is 6.31. The lowest BCUT2D eigenvalue weighted by atomic mass is 10.0. The Morgan fingerprint density at radius 1 is 1.04 bits per heavy atom. The molecule has 0 saturated heterocycles. The molecule has 0 unspecified atom stereocenters. The van der Waals surface area contributed by atoms with E-state index in [2.05, 4.69) is 30.2 Å². The van der Waals surface area contributed by atoms with Gasteiger partial charge in [0.1, 0.15) is 5.75 Å². The van der Waals surface area contributed by atoms with Gasteiger partial charge >= 0.3 is 0 Å². The van der Waals surface area contributed by atoms with Gasteiger partial charge in [-0.1, -0.05) is 29.8 Å². The number of benzene rings is 2. The first-order valence-corrected chi connectivity index (χ1v) is 8.02. The molecule has 0 atom stereocenters. The molecular weight excluding hydrogens is 308 g/mol. The van der Waals surface area contributed by atoms with Crippen LogP contribution in [0.15, 0.2) is 48.7 Å². The SMILES string of the molecule is CCOc1ccc(-c2ccc(C)c(-n3ccc(C)n3)c2)cc1Cl. The zero-order valence-corrected chi connectivity index (χ0v) is 14.3. The highest BCUT2D eigenvalue weighted by atomic mass is 35.5. The molecule has 0 saturated carbocycles. The quantitative estimate of drug-likeness (QED) is 0.658. The number of aromatic nitrogens is 2. The highest BCUT2D eigenvalue weighted by Gasteiger charge is 2.08. The van der Waals surface area contributed by atoms with E-state index in [-0.39, 0.29) is 0 Å². The van der Waals surface area contributed by atoms with Crippen LogP contribution in [-0.2, 0) is 0 Å². The van der Waals surface area contributed by atoms with Gasteiger partial charge in [0.25, 0.3) is 0 Å². The van der Waals surface area contributed by atoms with Crippen LogP contribution in [0.1, 0.15) is 18.2 Å². The van der Waals surface area contributed by atoms with Gasteiger partial charge in [-0.25, -0.2) is 4.68 Å². The van der Waals surface area contributed by atoms with Gasteiger partial charge in [-0.2, -0.15) is 5.10 Å². The summed E-state index contributed by atoms with van der Waals surface area (Å²) in [5.41, 5.74) is 5.40. The van der Waals surface area contributed by atoms with E-state index in [0.29, 0.717) is 17.4 Å². The van der Waals surface area contributed by atoms with E-state index < -0.39 is 0 Å². The molecule has 0 amide bonds. The number of halogens is 1. The van der Waals surface area contributed by atoms with Gasteiger partial charge in [-0.15, -0.1) is 0 Å². The molecule has 0 aliphatic heterocycles. The number of ether oxygens (including phenoxy) is 1. The number of nitrogens with zero attached hydrogens (tertiary/aromatic N) is 2. The van der Waals surface area contributed by atoms with Crippen molar-refractivity contribution >= 4 is 11.6 Å². The van der Waals surface area contributed by atoms with E-state index in [1.54, 1.807) is 0 Å². The Morgan fingerprint density at radius 2 is 1.78 bits per heavy atom. The molecule has 1 heterocycles. The van der Waals surface area contributed by atoms with Crippen LogP contribution in [0.2, 0.25) is 5.02 Å². The van der Waals surface area contributed by atoms with E-state index in [1.807, 2.05) is 49.0 Å². The first kappa shape index (κ1) is 15.6. The number of hydrogen-bond acceptors (Lipinski definition) is 2. The molecule has 0 aliphatic rings. The molecule has 0 N–H and O–H groups in total. The predicted octanol–water partition coefficient (Wildman–Crippen LogP) is 5.21. The van der Waals surface area contributed by atoms with Crippen LogP contribution in [0.5, 0.6) is 5.75 Å². The molecule has 2 aromatic carbocycles. The molecular formula is C19H19ClN2O. The molecule has 3 rings (SSSR count). The van der Waals surface area contributed by atoms with E-state index in [4.69, 9.17) is 16.3 Å². The third kappa shape index (κ3) is 3.25. The summed E-state index contributed by atoms with van der Waals surface area (Å²) in [6, 6.07) is 14.2. The van der Waals surface area contributed by atoms with Crippen molar-refractivity contribution in [1.82, 2.24) is 9.78 Å². The Balaban J connectivity index is 2.02. The monoisotopic (exact) mass is 326 g/mol. The fourth-order valence-electron chi connectivity index (χ4n) is 2.54. The van der Waals surface area contributed by atoms with Crippen molar-refractivity contribution in [1.29, 1.82) is 0 Å². The van der Waals surface area contributed by atoms with Crippen molar-refractivity contribution in [2.45, 2.75) is 20.8 Å². The fourth-order valence-corrected chi connectivity index (χ4v) is 2.77. The molecule has 3 nitrogen and oxygen atoms in total. The highest BCUT2D eigenvalue weighted by Crippen LogP contribution is 2.31. The summed E-state index contributed by atoms with van der Waals surface area (Å²) in [4.78, 5) is 0. The largest absolute Gasteiger partial charge is 0.492 e. The molecule has 0 fully saturated rings. The van der Waals surface area contributed by atoms with E-state index >= 15 is 0 Å². The third-order valence-electron chi connectivity index (χ3n) is 3.74. The van der Waals surface area contributed by atoms with Crippen LogP contribution in [0.3, 0.4) is 0 Å². The van der Waals surface area contributed by atoms with Gasteiger partial charge in [-0.05, 0) is 61.7 Å². The average molecular weight is 327 g/mol.